The molecule has 0 spiro atoms. The third kappa shape index (κ3) is 8.55. The number of likely N-dealkylation sites (tertiary alicyclic amines) is 1. The van der Waals surface area contributed by atoms with Gasteiger partial charge < -0.3 is 34.5 Å². The Bertz CT molecular complexity index is 2580. The highest BCUT2D eigenvalue weighted by Gasteiger charge is 2.45. The Morgan fingerprint density at radius 2 is 1.66 bits per heavy atom. The molecule has 64 heavy (non-hydrogen) atoms. The Hall–Kier alpha value is -5.91. The molecule has 1 saturated carbocycles. The fourth-order valence-corrected chi connectivity index (χ4v) is 9.85. The van der Waals surface area contributed by atoms with E-state index in [-0.39, 0.29) is 60.8 Å². The summed E-state index contributed by atoms with van der Waals surface area (Å²) in [6, 6.07) is 12.1. The molecule has 4 aliphatic heterocycles. The van der Waals surface area contributed by atoms with Crippen LogP contribution in [-0.4, -0.2) is 118 Å². The van der Waals surface area contributed by atoms with Crippen molar-refractivity contribution in [2.24, 2.45) is 0 Å². The summed E-state index contributed by atoms with van der Waals surface area (Å²) in [7, 11) is 1.51. The molecule has 6 heterocycles. The molecule has 9 rings (SSSR count). The molecule has 0 unspecified atom stereocenters. The van der Waals surface area contributed by atoms with Crippen LogP contribution >= 0.6 is 11.6 Å². The Morgan fingerprint density at radius 1 is 0.906 bits per heavy atom. The summed E-state index contributed by atoms with van der Waals surface area (Å²) in [5.41, 5.74) is 2.81. The van der Waals surface area contributed by atoms with Crippen LogP contribution in [0.4, 0.5) is 17.5 Å². The molecule has 3 saturated heterocycles. The topological polar surface area (TPSA) is 197 Å². The van der Waals surface area contributed by atoms with Crippen LogP contribution in [0, 0.1) is 0 Å². The van der Waals surface area contributed by atoms with Crippen molar-refractivity contribution in [2.45, 2.75) is 101 Å². The molecule has 3 N–H and O–H groups in total. The minimum absolute atomic E-state index is 0.0873. The highest BCUT2D eigenvalue weighted by atomic mass is 35.5. The zero-order valence-electron chi connectivity index (χ0n) is 36.1. The third-order valence-corrected chi connectivity index (χ3v) is 13.6. The van der Waals surface area contributed by atoms with E-state index in [4.69, 9.17) is 26.1 Å². The molecule has 4 aromatic rings. The summed E-state index contributed by atoms with van der Waals surface area (Å²) in [5.74, 6) is -0.893. The maximum atomic E-state index is 13.4. The lowest BCUT2D eigenvalue weighted by Gasteiger charge is -2.47. The first kappa shape index (κ1) is 43.3. The van der Waals surface area contributed by atoms with Crippen molar-refractivity contribution < 1.29 is 33.4 Å². The van der Waals surface area contributed by atoms with E-state index in [1.165, 1.54) is 7.05 Å². The second kappa shape index (κ2) is 17.9. The number of pyridine rings is 1. The first-order valence-electron chi connectivity index (χ1n) is 22.2. The molecule has 1 aliphatic carbocycles. The minimum atomic E-state index is -0.970. The van der Waals surface area contributed by atoms with Crippen molar-refractivity contribution >= 4 is 69.5 Å². The molecular weight excluding hydrogens is 842 g/mol. The Kier molecular flexibility index (Phi) is 12.1. The first-order valence-corrected chi connectivity index (χ1v) is 22.5. The number of anilines is 3. The van der Waals surface area contributed by atoms with Crippen molar-refractivity contribution in [3.8, 4) is 5.75 Å². The van der Waals surface area contributed by atoms with Crippen molar-refractivity contribution in [1.29, 1.82) is 0 Å². The lowest BCUT2D eigenvalue weighted by Crippen LogP contribution is -2.54. The number of aromatic nitrogens is 3. The van der Waals surface area contributed by atoms with Crippen molar-refractivity contribution in [1.82, 2.24) is 35.0 Å². The van der Waals surface area contributed by atoms with Gasteiger partial charge >= 0.3 is 0 Å². The second-order valence-electron chi connectivity index (χ2n) is 17.6. The number of benzene rings is 2. The summed E-state index contributed by atoms with van der Waals surface area (Å²) >= 11 is 6.59. The average molecular weight is 894 g/mol. The number of imide groups is 2. The van der Waals surface area contributed by atoms with Gasteiger partial charge in [-0.1, -0.05) is 17.7 Å². The highest BCUT2D eigenvalue weighted by molar-refractivity contribution is 6.33. The predicted molar refractivity (Wildman–Crippen MR) is 238 cm³/mol. The molecule has 2 aromatic heterocycles. The van der Waals surface area contributed by atoms with Crippen LogP contribution in [0.5, 0.6) is 5.75 Å². The molecule has 336 valence electrons. The molecule has 5 amide bonds. The Labute approximate surface area is 374 Å². The van der Waals surface area contributed by atoms with Gasteiger partial charge in [-0.2, -0.15) is 4.98 Å². The summed E-state index contributed by atoms with van der Waals surface area (Å²) < 4.78 is 13.9. The number of carbonyl (C=O) groups excluding carboxylic acids is 5. The lowest BCUT2D eigenvalue weighted by atomic mass is 9.83. The molecule has 4 fully saturated rings. The largest absolute Gasteiger partial charge is 0.478 e. The van der Waals surface area contributed by atoms with E-state index in [2.05, 4.69) is 30.7 Å². The molecule has 0 bridgehead atoms. The van der Waals surface area contributed by atoms with Crippen LogP contribution in [0.1, 0.15) is 103 Å². The molecular formula is C46H52ClN9O8. The standard InChI is InChI=1S/C46H52ClN9O8/c1-25(2)55-36-7-5-29(18-28(36)20-38(45(55)62)63-24-40(58)48-3)50-41-35(47)23-49-46(52-41)54-16-12-31(13-17-54)64-32-21-30(22-32)53-14-10-26(11-15-53)27-4-6-33-34(19-27)44(61)56(43(33)60)37-8-9-39(57)51-42(37)59/h4-7,18-20,23,25-26,30-32,37H,8-17,21-22,24H2,1-3H3,(H,48,58)(H,49,50,52)(H,51,57,59)/t30?,32?,37-/m0/s1. The van der Waals surface area contributed by atoms with Gasteiger partial charge in [-0.3, -0.25) is 39.0 Å². The number of halogens is 1. The lowest BCUT2D eigenvalue weighted by molar-refractivity contribution is -0.136. The SMILES string of the molecule is CNC(=O)COc1cc2cc(Nc3nc(N4CCC(OC5CC(N6CCC(c7ccc8c(c7)C(=O)N([C@H]7CCC(=O)NC7=O)C8=O)CC6)C5)CC4)ncc3Cl)ccc2n(C(C)C)c1=O. The second-order valence-corrected chi connectivity index (χ2v) is 18.0. The third-order valence-electron chi connectivity index (χ3n) is 13.3. The van der Waals surface area contributed by atoms with Crippen LogP contribution in [0.2, 0.25) is 5.02 Å². The fourth-order valence-electron chi connectivity index (χ4n) is 9.72. The quantitative estimate of drug-likeness (QED) is 0.166. The van der Waals surface area contributed by atoms with Gasteiger partial charge in [0.25, 0.3) is 23.3 Å². The number of nitrogens with zero attached hydrogens (tertiary/aromatic N) is 6. The zero-order chi connectivity index (χ0) is 44.8. The molecule has 2 aromatic carbocycles. The molecule has 0 radical (unpaired) electrons. The van der Waals surface area contributed by atoms with E-state index in [9.17, 15) is 28.8 Å². The van der Waals surface area contributed by atoms with Gasteiger partial charge in [0, 0.05) is 49.7 Å². The van der Waals surface area contributed by atoms with E-state index in [0.29, 0.717) is 39.6 Å². The van der Waals surface area contributed by atoms with E-state index < -0.39 is 29.7 Å². The Balaban J connectivity index is 0.745. The van der Waals surface area contributed by atoms with E-state index >= 15 is 0 Å². The monoisotopic (exact) mass is 893 g/mol. The van der Waals surface area contributed by atoms with E-state index in [1.54, 1.807) is 22.9 Å². The summed E-state index contributed by atoms with van der Waals surface area (Å²) in [6.45, 7) is 6.95. The van der Waals surface area contributed by atoms with Crippen LogP contribution in [0.15, 0.2) is 53.5 Å². The fraction of sp³-hybridized carbons (Fsp3) is 0.478. The number of hydrogen-bond donors (Lipinski definition) is 3. The number of likely N-dealkylation sites (N-methyl/N-ethyl adjacent to an activating group) is 1. The summed E-state index contributed by atoms with van der Waals surface area (Å²) in [5, 5.41) is 9.19. The first-order chi connectivity index (χ1) is 30.8. The minimum Gasteiger partial charge on any atom is -0.478 e. The number of fused-ring (bicyclic) bond motifs is 2. The van der Waals surface area contributed by atoms with Gasteiger partial charge in [-0.05, 0) is 120 Å². The van der Waals surface area contributed by atoms with Gasteiger partial charge in [-0.15, -0.1) is 0 Å². The normalized spacial score (nSPS) is 22.2. The van der Waals surface area contributed by atoms with Gasteiger partial charge in [0.15, 0.2) is 18.2 Å². The number of amides is 5. The van der Waals surface area contributed by atoms with Gasteiger partial charge in [-0.25, -0.2) is 4.98 Å². The number of carbonyl (C=O) groups is 5. The smallest absolute Gasteiger partial charge is 0.293 e. The summed E-state index contributed by atoms with van der Waals surface area (Å²) in [4.78, 5) is 90.8. The maximum absolute atomic E-state index is 13.4. The average Bonchev–Trinajstić information content (AvgIpc) is 3.52. The number of rotatable bonds is 12. The summed E-state index contributed by atoms with van der Waals surface area (Å²) in [6.07, 6.45) is 7.82. The zero-order valence-corrected chi connectivity index (χ0v) is 36.9. The van der Waals surface area contributed by atoms with Crippen LogP contribution < -0.4 is 31.1 Å². The molecule has 18 heteroatoms. The van der Waals surface area contributed by atoms with Crippen LogP contribution in [0.25, 0.3) is 10.9 Å². The van der Waals surface area contributed by atoms with Crippen molar-refractivity contribution in [3.63, 3.8) is 0 Å². The predicted octanol–water partition coefficient (Wildman–Crippen LogP) is 4.69. The van der Waals surface area contributed by atoms with Crippen molar-refractivity contribution in [3.05, 3.63) is 80.7 Å². The van der Waals surface area contributed by atoms with Gasteiger partial charge in [0.1, 0.15) is 11.1 Å². The van der Waals surface area contributed by atoms with E-state index in [0.717, 1.165) is 86.1 Å². The van der Waals surface area contributed by atoms with E-state index in [1.807, 2.05) is 44.2 Å². The molecule has 5 aliphatic rings. The molecule has 1 atom stereocenters. The highest BCUT2D eigenvalue weighted by Crippen LogP contribution is 2.38. The maximum Gasteiger partial charge on any atom is 0.293 e. The Morgan fingerprint density at radius 3 is 2.38 bits per heavy atom. The number of ether oxygens (including phenoxy) is 2. The number of nitrogens with one attached hydrogen (secondary N) is 3. The number of piperidine rings is 3. The van der Waals surface area contributed by atoms with Crippen LogP contribution in [-0.2, 0) is 19.1 Å². The van der Waals surface area contributed by atoms with Gasteiger partial charge in [0.05, 0.1) is 35.0 Å². The molecule has 17 nitrogen and oxygen atoms in total. The van der Waals surface area contributed by atoms with Crippen LogP contribution in [0.3, 0.4) is 0 Å². The number of hydrogen-bond acceptors (Lipinski definition) is 13. The van der Waals surface area contributed by atoms with Gasteiger partial charge in [0.2, 0.25) is 17.8 Å². The van der Waals surface area contributed by atoms with Crippen molar-refractivity contribution in [2.75, 3.05) is 50.1 Å².